The fourth-order valence-corrected chi connectivity index (χ4v) is 2.45. The minimum atomic E-state index is -0.866. The van der Waals surface area contributed by atoms with E-state index in [1.807, 2.05) is 12.1 Å². The van der Waals surface area contributed by atoms with Crippen LogP contribution in [0.2, 0.25) is 0 Å². The highest BCUT2D eigenvalue weighted by atomic mass is 127. The van der Waals surface area contributed by atoms with Crippen molar-refractivity contribution in [1.29, 1.82) is 0 Å². The van der Waals surface area contributed by atoms with Gasteiger partial charge in [0.05, 0.1) is 6.42 Å². The lowest BCUT2D eigenvalue weighted by molar-refractivity contribution is -0.137. The molecule has 0 saturated heterocycles. The molecule has 1 unspecified atom stereocenters. The van der Waals surface area contributed by atoms with Crippen LogP contribution >= 0.6 is 22.6 Å². The van der Waals surface area contributed by atoms with Crippen LogP contribution in [0.15, 0.2) is 24.3 Å². The molecule has 1 fully saturated rings. The summed E-state index contributed by atoms with van der Waals surface area (Å²) in [7, 11) is 0. The Morgan fingerprint density at radius 3 is 2.72 bits per heavy atom. The molecule has 18 heavy (non-hydrogen) atoms. The van der Waals surface area contributed by atoms with Crippen molar-refractivity contribution in [3.05, 3.63) is 33.4 Å². The van der Waals surface area contributed by atoms with Crippen LogP contribution < -0.4 is 5.32 Å². The number of aliphatic carboxylic acids is 1. The smallest absolute Gasteiger partial charge is 0.305 e. The number of nitrogens with one attached hydrogen (secondary N) is 1. The molecule has 1 saturated carbocycles. The Bertz CT molecular complexity index is 471. The maximum absolute atomic E-state index is 12.0. The Labute approximate surface area is 119 Å². The third kappa shape index (κ3) is 3.69. The topological polar surface area (TPSA) is 66.4 Å². The van der Waals surface area contributed by atoms with Crippen molar-refractivity contribution >= 4 is 34.5 Å². The number of carboxylic acid groups (broad SMARTS) is 1. The largest absolute Gasteiger partial charge is 0.481 e. The minimum absolute atomic E-state index is 0.000330. The van der Waals surface area contributed by atoms with Crippen LogP contribution in [-0.4, -0.2) is 23.0 Å². The lowest BCUT2D eigenvalue weighted by atomic mass is 10.1. The van der Waals surface area contributed by atoms with Crippen molar-refractivity contribution in [3.8, 4) is 0 Å². The number of carboxylic acids is 1. The molecule has 5 heteroatoms. The zero-order valence-electron chi connectivity index (χ0n) is 9.73. The molecule has 4 nitrogen and oxygen atoms in total. The van der Waals surface area contributed by atoms with Crippen LogP contribution in [0.3, 0.4) is 0 Å². The summed E-state index contributed by atoms with van der Waals surface area (Å²) in [6, 6.07) is 7.02. The molecule has 1 aromatic rings. The highest BCUT2D eigenvalue weighted by Crippen LogP contribution is 2.34. The lowest BCUT2D eigenvalue weighted by Crippen LogP contribution is -2.38. The molecule has 96 valence electrons. The Hall–Kier alpha value is -1.11. The molecule has 0 radical (unpaired) electrons. The average Bonchev–Trinajstić information content (AvgIpc) is 3.11. The third-order valence-electron chi connectivity index (χ3n) is 2.99. The van der Waals surface area contributed by atoms with Gasteiger partial charge in [-0.2, -0.15) is 0 Å². The van der Waals surface area contributed by atoms with Gasteiger partial charge in [-0.15, -0.1) is 0 Å². The van der Waals surface area contributed by atoms with Gasteiger partial charge in [0.25, 0.3) is 5.91 Å². The molecule has 1 aromatic carbocycles. The van der Waals surface area contributed by atoms with Gasteiger partial charge in [0.1, 0.15) is 0 Å². The summed E-state index contributed by atoms with van der Waals surface area (Å²) in [4.78, 5) is 22.8. The summed E-state index contributed by atoms with van der Waals surface area (Å²) >= 11 is 2.14. The Morgan fingerprint density at radius 2 is 2.17 bits per heavy atom. The van der Waals surface area contributed by atoms with E-state index in [-0.39, 0.29) is 18.4 Å². The molecular weight excluding hydrogens is 345 g/mol. The molecule has 2 rings (SSSR count). The van der Waals surface area contributed by atoms with Crippen molar-refractivity contribution in [2.24, 2.45) is 5.92 Å². The summed E-state index contributed by atoms with van der Waals surface area (Å²) in [6.07, 6.45) is 2.01. The van der Waals surface area contributed by atoms with Gasteiger partial charge in [0.2, 0.25) is 0 Å². The number of halogens is 1. The second-order valence-corrected chi connectivity index (χ2v) is 5.77. The van der Waals surface area contributed by atoms with E-state index in [1.54, 1.807) is 12.1 Å². The minimum Gasteiger partial charge on any atom is -0.481 e. The number of carbonyl (C=O) groups is 2. The van der Waals surface area contributed by atoms with Gasteiger partial charge < -0.3 is 10.4 Å². The first-order valence-corrected chi connectivity index (χ1v) is 6.92. The van der Waals surface area contributed by atoms with Crippen molar-refractivity contribution < 1.29 is 14.7 Å². The molecule has 1 aliphatic carbocycles. The van der Waals surface area contributed by atoms with Crippen LogP contribution in [0, 0.1) is 9.49 Å². The first-order valence-electron chi connectivity index (χ1n) is 5.84. The predicted octanol–water partition coefficient (Wildman–Crippen LogP) is 2.27. The molecular formula is C13H14INO3. The van der Waals surface area contributed by atoms with Crippen molar-refractivity contribution in [1.82, 2.24) is 5.32 Å². The highest BCUT2D eigenvalue weighted by Gasteiger charge is 2.33. The second-order valence-electron chi connectivity index (χ2n) is 4.53. The number of hydrogen-bond donors (Lipinski definition) is 2. The van der Waals surface area contributed by atoms with Gasteiger partial charge in [-0.25, -0.2) is 0 Å². The number of rotatable bonds is 5. The summed E-state index contributed by atoms with van der Waals surface area (Å²) < 4.78 is 0.987. The molecule has 1 aliphatic rings. The summed E-state index contributed by atoms with van der Waals surface area (Å²) in [5.41, 5.74) is 0.581. The van der Waals surface area contributed by atoms with Crippen LogP contribution in [0.25, 0.3) is 0 Å². The zero-order valence-corrected chi connectivity index (χ0v) is 11.9. The van der Waals surface area contributed by atoms with Crippen molar-refractivity contribution in [3.63, 3.8) is 0 Å². The highest BCUT2D eigenvalue weighted by molar-refractivity contribution is 14.1. The summed E-state index contributed by atoms with van der Waals surface area (Å²) in [5, 5.41) is 11.7. The lowest BCUT2D eigenvalue weighted by Gasteiger charge is -2.16. The standard InChI is InChI=1S/C13H14INO3/c14-10-3-1-2-9(6-10)13(18)15-11(7-12(16)17)8-4-5-8/h1-3,6,8,11H,4-5,7H2,(H,15,18)(H,16,17). The number of benzene rings is 1. The van der Waals surface area contributed by atoms with E-state index in [0.29, 0.717) is 11.5 Å². The number of hydrogen-bond acceptors (Lipinski definition) is 2. The van der Waals surface area contributed by atoms with Crippen LogP contribution in [0.5, 0.6) is 0 Å². The maximum Gasteiger partial charge on any atom is 0.305 e. The third-order valence-corrected chi connectivity index (χ3v) is 3.66. The van der Waals surface area contributed by atoms with E-state index in [9.17, 15) is 9.59 Å². The zero-order chi connectivity index (χ0) is 13.1. The fraction of sp³-hybridized carbons (Fsp3) is 0.385. The Kier molecular flexibility index (Phi) is 4.21. The molecule has 0 spiro atoms. The van der Waals surface area contributed by atoms with E-state index in [0.717, 1.165) is 16.4 Å². The average molecular weight is 359 g/mol. The van der Waals surface area contributed by atoms with Gasteiger partial charge in [-0.3, -0.25) is 9.59 Å². The van der Waals surface area contributed by atoms with Gasteiger partial charge in [-0.1, -0.05) is 6.07 Å². The van der Waals surface area contributed by atoms with Gasteiger partial charge in [0, 0.05) is 15.2 Å². The van der Waals surface area contributed by atoms with Gasteiger partial charge in [0.15, 0.2) is 0 Å². The van der Waals surface area contributed by atoms with E-state index < -0.39 is 5.97 Å². The molecule has 0 heterocycles. The van der Waals surface area contributed by atoms with E-state index in [4.69, 9.17) is 5.11 Å². The SMILES string of the molecule is O=C(O)CC(NC(=O)c1cccc(I)c1)C1CC1. The molecule has 0 bridgehead atoms. The van der Waals surface area contributed by atoms with Crippen LogP contribution in [0.1, 0.15) is 29.6 Å². The van der Waals surface area contributed by atoms with Crippen LogP contribution in [0.4, 0.5) is 0 Å². The first-order chi connectivity index (χ1) is 8.56. The van der Waals surface area contributed by atoms with E-state index in [2.05, 4.69) is 27.9 Å². The second kappa shape index (κ2) is 5.69. The van der Waals surface area contributed by atoms with E-state index >= 15 is 0 Å². The Morgan fingerprint density at radius 1 is 1.44 bits per heavy atom. The summed E-state index contributed by atoms with van der Waals surface area (Å²) in [5.74, 6) is -0.727. The Balaban J connectivity index is 2.02. The van der Waals surface area contributed by atoms with Gasteiger partial charge in [-0.05, 0) is 59.5 Å². The number of amides is 1. The molecule has 0 aromatic heterocycles. The molecule has 2 N–H and O–H groups in total. The quantitative estimate of drug-likeness (QED) is 0.793. The summed E-state index contributed by atoms with van der Waals surface area (Å²) in [6.45, 7) is 0. The number of carbonyl (C=O) groups excluding carboxylic acids is 1. The van der Waals surface area contributed by atoms with Crippen LogP contribution in [-0.2, 0) is 4.79 Å². The molecule has 1 atom stereocenters. The monoisotopic (exact) mass is 359 g/mol. The predicted molar refractivity (Wildman–Crippen MR) is 75.4 cm³/mol. The maximum atomic E-state index is 12.0. The van der Waals surface area contributed by atoms with E-state index in [1.165, 1.54) is 0 Å². The van der Waals surface area contributed by atoms with Crippen molar-refractivity contribution in [2.75, 3.05) is 0 Å². The normalized spacial score (nSPS) is 16.1. The molecule has 1 amide bonds. The van der Waals surface area contributed by atoms with Crippen molar-refractivity contribution in [2.45, 2.75) is 25.3 Å². The first kappa shape index (κ1) is 13.3. The molecule has 0 aliphatic heterocycles. The van der Waals surface area contributed by atoms with Gasteiger partial charge >= 0.3 is 5.97 Å². The fourth-order valence-electron chi connectivity index (χ4n) is 1.90.